The summed E-state index contributed by atoms with van der Waals surface area (Å²) in [6.45, 7) is 9.92. The van der Waals surface area contributed by atoms with Gasteiger partial charge < -0.3 is 5.32 Å². The lowest BCUT2D eigenvalue weighted by Crippen LogP contribution is -2.21. The van der Waals surface area contributed by atoms with Gasteiger partial charge in [0.25, 0.3) is 0 Å². The van der Waals surface area contributed by atoms with E-state index in [1.54, 1.807) is 0 Å². The molecule has 0 aliphatic carbocycles. The largest absolute Gasteiger partial charge is 0.310 e. The topological polar surface area (TPSA) is 12.0 Å². The number of aryl methyl sites for hydroxylation is 2. The summed E-state index contributed by atoms with van der Waals surface area (Å²) in [6, 6.07) is 7.44. The third-order valence-electron chi connectivity index (χ3n) is 3.98. The van der Waals surface area contributed by atoms with Crippen LogP contribution >= 0.6 is 0 Å². The minimum atomic E-state index is 0.533. The number of hydrogen-bond acceptors (Lipinski definition) is 1. The van der Waals surface area contributed by atoms with Crippen molar-refractivity contribution in [3.8, 4) is 0 Å². The van der Waals surface area contributed by atoms with E-state index in [-0.39, 0.29) is 0 Å². The Hall–Kier alpha value is -0.820. The van der Waals surface area contributed by atoms with Crippen molar-refractivity contribution < 1.29 is 0 Å². The molecule has 1 rings (SSSR count). The lowest BCUT2D eigenvalue weighted by atomic mass is 9.96. The quantitative estimate of drug-likeness (QED) is 0.594. The van der Waals surface area contributed by atoms with Crippen LogP contribution in [0, 0.1) is 13.8 Å². The molecule has 19 heavy (non-hydrogen) atoms. The minimum absolute atomic E-state index is 0.533. The summed E-state index contributed by atoms with van der Waals surface area (Å²) in [4.78, 5) is 0. The fraction of sp³-hybridized carbons (Fsp3) is 0.667. The lowest BCUT2D eigenvalue weighted by molar-refractivity contribution is 0.478. The van der Waals surface area contributed by atoms with Crippen molar-refractivity contribution in [3.05, 3.63) is 34.9 Å². The van der Waals surface area contributed by atoms with E-state index in [0.717, 1.165) is 6.54 Å². The second-order valence-electron chi connectivity index (χ2n) is 5.66. The summed E-state index contributed by atoms with van der Waals surface area (Å²) < 4.78 is 0. The summed E-state index contributed by atoms with van der Waals surface area (Å²) in [7, 11) is 0. The number of unbranched alkanes of at least 4 members (excludes halogenated alkanes) is 4. The zero-order chi connectivity index (χ0) is 14.1. The Morgan fingerprint density at radius 3 is 2.32 bits per heavy atom. The Kier molecular flexibility index (Phi) is 7.81. The van der Waals surface area contributed by atoms with Crippen LogP contribution in [0.4, 0.5) is 0 Å². The third-order valence-corrected chi connectivity index (χ3v) is 3.98. The summed E-state index contributed by atoms with van der Waals surface area (Å²) in [5.41, 5.74) is 4.26. The van der Waals surface area contributed by atoms with E-state index < -0.39 is 0 Å². The Bertz CT molecular complexity index is 357. The van der Waals surface area contributed by atoms with Crippen LogP contribution in [0.15, 0.2) is 18.2 Å². The van der Waals surface area contributed by atoms with Crippen molar-refractivity contribution in [1.29, 1.82) is 0 Å². The van der Waals surface area contributed by atoms with Crippen molar-refractivity contribution in [2.45, 2.75) is 72.3 Å². The van der Waals surface area contributed by atoms with Crippen LogP contribution in [0.5, 0.6) is 0 Å². The van der Waals surface area contributed by atoms with Crippen molar-refractivity contribution in [3.63, 3.8) is 0 Å². The van der Waals surface area contributed by atoms with Crippen molar-refractivity contribution in [2.75, 3.05) is 6.54 Å². The predicted molar refractivity (Wildman–Crippen MR) is 85.7 cm³/mol. The van der Waals surface area contributed by atoms with E-state index in [1.165, 1.54) is 55.2 Å². The van der Waals surface area contributed by atoms with Crippen LogP contribution in [0.2, 0.25) is 0 Å². The monoisotopic (exact) mass is 261 g/mol. The summed E-state index contributed by atoms with van der Waals surface area (Å²) in [5.74, 6) is 0. The molecule has 0 amide bonds. The highest BCUT2D eigenvalue weighted by Crippen LogP contribution is 2.22. The molecule has 1 aromatic rings. The molecule has 0 spiro atoms. The molecule has 0 heterocycles. The highest BCUT2D eigenvalue weighted by molar-refractivity contribution is 5.31. The maximum Gasteiger partial charge on any atom is 0.0320 e. The number of benzene rings is 1. The van der Waals surface area contributed by atoms with E-state index in [9.17, 15) is 0 Å². The molecular weight excluding hydrogens is 230 g/mol. The smallest absolute Gasteiger partial charge is 0.0320 e. The van der Waals surface area contributed by atoms with Crippen molar-refractivity contribution in [1.82, 2.24) is 5.32 Å². The van der Waals surface area contributed by atoms with E-state index in [4.69, 9.17) is 0 Å². The average molecular weight is 261 g/mol. The van der Waals surface area contributed by atoms with Gasteiger partial charge in [-0.3, -0.25) is 0 Å². The van der Waals surface area contributed by atoms with Gasteiger partial charge in [0.2, 0.25) is 0 Å². The highest BCUT2D eigenvalue weighted by Gasteiger charge is 2.10. The van der Waals surface area contributed by atoms with Crippen LogP contribution in [0.3, 0.4) is 0 Å². The normalized spacial score (nSPS) is 12.6. The van der Waals surface area contributed by atoms with Gasteiger partial charge in [-0.15, -0.1) is 0 Å². The molecule has 0 aliphatic heterocycles. The van der Waals surface area contributed by atoms with Crippen LogP contribution in [-0.4, -0.2) is 6.54 Å². The Morgan fingerprint density at radius 2 is 1.68 bits per heavy atom. The zero-order valence-electron chi connectivity index (χ0n) is 13.3. The molecule has 0 saturated carbocycles. The van der Waals surface area contributed by atoms with Gasteiger partial charge in [0.1, 0.15) is 0 Å². The maximum atomic E-state index is 3.64. The van der Waals surface area contributed by atoms with Crippen LogP contribution in [0.25, 0.3) is 0 Å². The first-order chi connectivity index (χ1) is 9.19. The van der Waals surface area contributed by atoms with E-state index in [0.29, 0.717) is 6.04 Å². The maximum absolute atomic E-state index is 3.64. The molecule has 0 aromatic heterocycles. The van der Waals surface area contributed by atoms with Gasteiger partial charge in [0.05, 0.1) is 0 Å². The first kappa shape index (κ1) is 16.2. The molecule has 0 saturated heterocycles. The molecular formula is C18H31N. The molecule has 0 bridgehead atoms. The molecule has 1 unspecified atom stereocenters. The van der Waals surface area contributed by atoms with Crippen molar-refractivity contribution in [2.24, 2.45) is 0 Å². The zero-order valence-corrected chi connectivity index (χ0v) is 13.3. The molecule has 0 radical (unpaired) electrons. The van der Waals surface area contributed by atoms with Crippen LogP contribution in [0.1, 0.15) is 75.1 Å². The van der Waals surface area contributed by atoms with Gasteiger partial charge in [0, 0.05) is 6.04 Å². The molecule has 1 N–H and O–H groups in total. The predicted octanol–water partition coefficient (Wildman–Crippen LogP) is 5.31. The Morgan fingerprint density at radius 1 is 0.947 bits per heavy atom. The molecule has 1 nitrogen and oxygen atoms in total. The average Bonchev–Trinajstić information content (AvgIpc) is 2.40. The van der Waals surface area contributed by atoms with Crippen molar-refractivity contribution >= 4 is 0 Å². The number of hydrogen-bond donors (Lipinski definition) is 1. The Labute approximate surface area is 119 Å². The first-order valence-corrected chi connectivity index (χ1v) is 7.99. The van der Waals surface area contributed by atoms with Gasteiger partial charge in [-0.25, -0.2) is 0 Å². The van der Waals surface area contributed by atoms with Gasteiger partial charge in [-0.05, 0) is 43.5 Å². The SMILES string of the molecule is CCCCCCCC(NCC)c1ccc(C)c(C)c1. The second kappa shape index (κ2) is 9.14. The van der Waals surface area contributed by atoms with Crippen LogP contribution < -0.4 is 5.32 Å². The standard InChI is InChI=1S/C18H31N/c1-5-7-8-9-10-11-18(19-6-2)17-13-12-15(3)16(4)14-17/h12-14,18-19H,5-11H2,1-4H3. The summed E-state index contributed by atoms with van der Waals surface area (Å²) in [5, 5.41) is 3.64. The highest BCUT2D eigenvalue weighted by atomic mass is 14.9. The molecule has 108 valence electrons. The van der Waals surface area contributed by atoms with Crippen LogP contribution in [-0.2, 0) is 0 Å². The fourth-order valence-corrected chi connectivity index (χ4v) is 2.57. The van der Waals surface area contributed by atoms with Gasteiger partial charge >= 0.3 is 0 Å². The second-order valence-corrected chi connectivity index (χ2v) is 5.66. The van der Waals surface area contributed by atoms with Gasteiger partial charge in [-0.1, -0.05) is 64.2 Å². The Balaban J connectivity index is 2.53. The first-order valence-electron chi connectivity index (χ1n) is 7.99. The molecule has 0 fully saturated rings. The molecule has 0 aliphatic rings. The third kappa shape index (κ3) is 5.78. The van der Waals surface area contributed by atoms with E-state index in [2.05, 4.69) is 51.2 Å². The van der Waals surface area contributed by atoms with E-state index >= 15 is 0 Å². The molecule has 1 heteroatoms. The molecule has 1 aromatic carbocycles. The summed E-state index contributed by atoms with van der Waals surface area (Å²) >= 11 is 0. The lowest BCUT2D eigenvalue weighted by Gasteiger charge is -2.19. The summed E-state index contributed by atoms with van der Waals surface area (Å²) in [6.07, 6.45) is 8.08. The number of nitrogens with one attached hydrogen (secondary N) is 1. The van der Waals surface area contributed by atoms with Gasteiger partial charge in [0.15, 0.2) is 0 Å². The van der Waals surface area contributed by atoms with Gasteiger partial charge in [-0.2, -0.15) is 0 Å². The molecule has 1 atom stereocenters. The number of rotatable bonds is 9. The fourth-order valence-electron chi connectivity index (χ4n) is 2.57. The van der Waals surface area contributed by atoms with E-state index in [1.807, 2.05) is 0 Å². The minimum Gasteiger partial charge on any atom is -0.310 e.